The lowest BCUT2D eigenvalue weighted by Crippen LogP contribution is -2.00. The van der Waals surface area contributed by atoms with Crippen LogP contribution in [-0.2, 0) is 0 Å². The highest BCUT2D eigenvalue weighted by Crippen LogP contribution is 2.43. The summed E-state index contributed by atoms with van der Waals surface area (Å²) >= 11 is 0. The number of pyridine rings is 2. The van der Waals surface area contributed by atoms with Gasteiger partial charge in [0.2, 0.25) is 0 Å². The van der Waals surface area contributed by atoms with Gasteiger partial charge in [0, 0.05) is 41.5 Å². The molecule has 0 saturated carbocycles. The average molecular weight is 614 g/mol. The molecule has 48 heavy (non-hydrogen) atoms. The van der Waals surface area contributed by atoms with E-state index in [1.54, 1.807) is 24.8 Å². The zero-order valence-corrected chi connectivity index (χ0v) is 25.8. The van der Waals surface area contributed by atoms with Crippen molar-refractivity contribution in [2.24, 2.45) is 0 Å². The minimum atomic E-state index is 0.596. The van der Waals surface area contributed by atoms with Crippen LogP contribution in [0.4, 0.5) is 0 Å². The maximum Gasteiger partial charge on any atom is 0.164 e. The van der Waals surface area contributed by atoms with Gasteiger partial charge in [-0.25, -0.2) is 15.0 Å². The van der Waals surface area contributed by atoms with Crippen molar-refractivity contribution in [2.45, 2.75) is 0 Å². The monoisotopic (exact) mass is 613 g/mol. The first-order valence-corrected chi connectivity index (χ1v) is 15.9. The van der Waals surface area contributed by atoms with Gasteiger partial charge in [-0.1, -0.05) is 103 Å². The Morgan fingerprint density at radius 2 is 0.729 bits per heavy atom. The van der Waals surface area contributed by atoms with Crippen LogP contribution in [0, 0.1) is 0 Å². The van der Waals surface area contributed by atoms with E-state index in [0.717, 1.165) is 22.3 Å². The molecular weight excluding hydrogens is 587 g/mol. The van der Waals surface area contributed by atoms with Gasteiger partial charge in [0.05, 0.1) is 0 Å². The molecule has 0 bridgehead atoms. The maximum absolute atomic E-state index is 4.91. The maximum atomic E-state index is 4.91. The molecule has 0 unspecified atom stereocenters. The Balaban J connectivity index is 1.25. The second kappa shape index (κ2) is 11.6. The Labute approximate surface area is 277 Å². The Hall–Kier alpha value is -6.59. The van der Waals surface area contributed by atoms with Crippen LogP contribution in [0.15, 0.2) is 164 Å². The molecule has 0 amide bonds. The highest BCUT2D eigenvalue weighted by molar-refractivity contribution is 6.29. The molecule has 0 radical (unpaired) electrons. The van der Waals surface area contributed by atoms with Crippen LogP contribution in [-0.4, -0.2) is 24.9 Å². The molecule has 0 aliphatic rings. The molecular formula is C43H27N5. The standard InChI is InChI=1S/C43H27N5/c1-2-8-28(9-3-1)33-26-38(40-37-13-7-6-11-35(37)34-10-4-5-12-36(34)39(40)27-33)29-14-16-30(17-15-29)41-46-42(31-18-22-44-23-19-31)48-43(47-41)32-20-24-45-25-21-32/h1-27H. The molecule has 0 spiro atoms. The second-order valence-electron chi connectivity index (χ2n) is 11.8. The first kappa shape index (κ1) is 27.7. The van der Waals surface area contributed by atoms with E-state index in [2.05, 4.69) is 125 Å². The van der Waals surface area contributed by atoms with Gasteiger partial charge < -0.3 is 0 Å². The van der Waals surface area contributed by atoms with Gasteiger partial charge in [0.15, 0.2) is 17.5 Å². The summed E-state index contributed by atoms with van der Waals surface area (Å²) in [4.78, 5) is 23.0. The number of hydrogen-bond donors (Lipinski definition) is 0. The number of hydrogen-bond acceptors (Lipinski definition) is 5. The molecule has 0 aliphatic carbocycles. The zero-order chi connectivity index (χ0) is 31.9. The summed E-state index contributed by atoms with van der Waals surface area (Å²) in [5, 5.41) is 7.49. The third-order valence-electron chi connectivity index (χ3n) is 8.92. The SMILES string of the molecule is c1ccc(-c2cc(-c3ccc(-c4nc(-c5ccncc5)nc(-c5ccncc5)n4)cc3)c3c4ccccc4c4ccccc4c3c2)cc1. The van der Waals surface area contributed by atoms with Gasteiger partial charge in [0.25, 0.3) is 0 Å². The van der Waals surface area contributed by atoms with Crippen molar-refractivity contribution >= 4 is 32.3 Å². The highest BCUT2D eigenvalue weighted by Gasteiger charge is 2.17. The fourth-order valence-electron chi connectivity index (χ4n) is 6.62. The summed E-state index contributed by atoms with van der Waals surface area (Å²) in [6, 6.07) is 49.0. The van der Waals surface area contributed by atoms with Crippen molar-refractivity contribution in [1.29, 1.82) is 0 Å². The van der Waals surface area contributed by atoms with E-state index >= 15 is 0 Å². The largest absolute Gasteiger partial charge is 0.265 e. The lowest BCUT2D eigenvalue weighted by atomic mass is 9.87. The molecule has 5 heteroatoms. The summed E-state index contributed by atoms with van der Waals surface area (Å²) in [6.45, 7) is 0. The minimum absolute atomic E-state index is 0.596. The normalized spacial score (nSPS) is 11.3. The number of benzene rings is 6. The molecule has 224 valence electrons. The molecule has 3 heterocycles. The summed E-state index contributed by atoms with van der Waals surface area (Å²) in [6.07, 6.45) is 7.00. The molecule has 0 atom stereocenters. The van der Waals surface area contributed by atoms with Crippen LogP contribution >= 0.6 is 0 Å². The summed E-state index contributed by atoms with van der Waals surface area (Å²) in [5.74, 6) is 1.80. The molecule has 5 nitrogen and oxygen atoms in total. The van der Waals surface area contributed by atoms with Crippen molar-refractivity contribution in [2.75, 3.05) is 0 Å². The van der Waals surface area contributed by atoms with E-state index in [0.29, 0.717) is 17.5 Å². The van der Waals surface area contributed by atoms with Gasteiger partial charge in [-0.15, -0.1) is 0 Å². The third-order valence-corrected chi connectivity index (χ3v) is 8.92. The van der Waals surface area contributed by atoms with Crippen molar-refractivity contribution in [3.8, 4) is 56.4 Å². The van der Waals surface area contributed by atoms with E-state index in [9.17, 15) is 0 Å². The first-order chi connectivity index (χ1) is 23.8. The summed E-state index contributed by atoms with van der Waals surface area (Å²) < 4.78 is 0. The van der Waals surface area contributed by atoms with E-state index in [1.165, 1.54) is 49.0 Å². The van der Waals surface area contributed by atoms with Gasteiger partial charge >= 0.3 is 0 Å². The molecule has 9 rings (SSSR count). The lowest BCUT2D eigenvalue weighted by Gasteiger charge is -2.17. The Bertz CT molecular complexity index is 2530. The second-order valence-corrected chi connectivity index (χ2v) is 11.8. The number of rotatable bonds is 5. The molecule has 0 saturated heterocycles. The molecule has 3 aromatic heterocycles. The van der Waals surface area contributed by atoms with Gasteiger partial charge in [-0.2, -0.15) is 0 Å². The van der Waals surface area contributed by atoms with Crippen molar-refractivity contribution in [3.05, 3.63) is 164 Å². The third kappa shape index (κ3) is 4.86. The first-order valence-electron chi connectivity index (χ1n) is 15.9. The lowest BCUT2D eigenvalue weighted by molar-refractivity contribution is 1.07. The van der Waals surface area contributed by atoms with E-state index in [-0.39, 0.29) is 0 Å². The molecule has 0 N–H and O–H groups in total. The van der Waals surface area contributed by atoms with Crippen LogP contribution in [0.3, 0.4) is 0 Å². The fraction of sp³-hybridized carbons (Fsp3) is 0. The van der Waals surface area contributed by atoms with E-state index in [4.69, 9.17) is 15.0 Å². The smallest absolute Gasteiger partial charge is 0.164 e. The van der Waals surface area contributed by atoms with E-state index < -0.39 is 0 Å². The quantitative estimate of drug-likeness (QED) is 0.181. The number of nitrogens with zero attached hydrogens (tertiary/aromatic N) is 5. The zero-order valence-electron chi connectivity index (χ0n) is 25.8. The summed E-state index contributed by atoms with van der Waals surface area (Å²) in [5.41, 5.74) is 7.35. The predicted molar refractivity (Wildman–Crippen MR) is 195 cm³/mol. The van der Waals surface area contributed by atoms with Gasteiger partial charge in [-0.3, -0.25) is 9.97 Å². The Morgan fingerprint density at radius 1 is 0.292 bits per heavy atom. The summed E-state index contributed by atoms with van der Waals surface area (Å²) in [7, 11) is 0. The minimum Gasteiger partial charge on any atom is -0.265 e. The van der Waals surface area contributed by atoms with Crippen LogP contribution in [0.5, 0.6) is 0 Å². The molecule has 0 aliphatic heterocycles. The van der Waals surface area contributed by atoms with Crippen molar-refractivity contribution in [3.63, 3.8) is 0 Å². The Morgan fingerprint density at radius 3 is 1.29 bits per heavy atom. The fourth-order valence-corrected chi connectivity index (χ4v) is 6.62. The predicted octanol–water partition coefficient (Wildman–Crippen LogP) is 10.5. The van der Waals surface area contributed by atoms with Crippen molar-refractivity contribution in [1.82, 2.24) is 24.9 Å². The topological polar surface area (TPSA) is 64.5 Å². The van der Waals surface area contributed by atoms with Crippen LogP contribution < -0.4 is 0 Å². The molecule has 0 fully saturated rings. The van der Waals surface area contributed by atoms with Crippen LogP contribution in [0.25, 0.3) is 88.7 Å². The van der Waals surface area contributed by atoms with Crippen LogP contribution in [0.2, 0.25) is 0 Å². The Kier molecular flexibility index (Phi) is 6.72. The average Bonchev–Trinajstić information content (AvgIpc) is 3.18. The molecule has 9 aromatic rings. The number of fused-ring (bicyclic) bond motifs is 6. The molecule has 6 aromatic carbocycles. The van der Waals surface area contributed by atoms with Crippen molar-refractivity contribution < 1.29 is 0 Å². The van der Waals surface area contributed by atoms with Crippen LogP contribution in [0.1, 0.15) is 0 Å². The number of aromatic nitrogens is 5. The van der Waals surface area contributed by atoms with E-state index in [1.807, 2.05) is 24.3 Å². The van der Waals surface area contributed by atoms with Gasteiger partial charge in [-0.05, 0) is 91.0 Å². The highest BCUT2D eigenvalue weighted by atomic mass is 15.0. The van der Waals surface area contributed by atoms with Gasteiger partial charge in [0.1, 0.15) is 0 Å².